The summed E-state index contributed by atoms with van der Waals surface area (Å²) in [6.07, 6.45) is 0.533. The van der Waals surface area contributed by atoms with E-state index in [-0.39, 0.29) is 11.9 Å². The van der Waals surface area contributed by atoms with Gasteiger partial charge in [-0.1, -0.05) is 39.3 Å². The van der Waals surface area contributed by atoms with Crippen LogP contribution in [0.3, 0.4) is 0 Å². The van der Waals surface area contributed by atoms with Crippen LogP contribution >= 0.6 is 15.9 Å². The fraction of sp³-hybridized carbons (Fsp3) is 0.364. The van der Waals surface area contributed by atoms with E-state index in [9.17, 15) is 0 Å². The monoisotopic (exact) mass is 285 g/mol. The van der Waals surface area contributed by atoms with Crippen molar-refractivity contribution in [3.05, 3.63) is 34.3 Å². The molecule has 1 atom stereocenters. The van der Waals surface area contributed by atoms with Gasteiger partial charge in [0.2, 0.25) is 0 Å². The Morgan fingerprint density at radius 2 is 2.25 bits per heavy atom. The Balaban J connectivity index is 2.47. The molecule has 0 unspecified atom stereocenters. The predicted molar refractivity (Wildman–Crippen MR) is 68.6 cm³/mol. The summed E-state index contributed by atoms with van der Waals surface area (Å²) in [6.45, 7) is 2.75. The van der Waals surface area contributed by atoms with Crippen molar-refractivity contribution >= 4 is 21.8 Å². The van der Waals surface area contributed by atoms with Crippen LogP contribution in [0.25, 0.3) is 0 Å². The maximum atomic E-state index is 8.39. The molecule has 0 spiro atoms. The third-order valence-electron chi connectivity index (χ3n) is 2.33. The first-order valence-electron chi connectivity index (χ1n) is 5.09. The summed E-state index contributed by atoms with van der Waals surface area (Å²) in [7, 11) is 0. The van der Waals surface area contributed by atoms with E-state index in [1.807, 2.05) is 18.2 Å². The minimum Gasteiger partial charge on any atom is -0.409 e. The first kappa shape index (κ1) is 13.0. The van der Waals surface area contributed by atoms with Gasteiger partial charge in [0.15, 0.2) is 0 Å². The Morgan fingerprint density at radius 3 is 2.88 bits per heavy atom. The first-order valence-corrected chi connectivity index (χ1v) is 5.88. The fourth-order valence-electron chi connectivity index (χ4n) is 1.40. The molecule has 5 heteroatoms. The van der Waals surface area contributed by atoms with Gasteiger partial charge in [-0.15, -0.1) is 0 Å². The number of hydrogen-bond acceptors (Lipinski definition) is 3. The number of oxime groups is 1. The van der Waals surface area contributed by atoms with Crippen molar-refractivity contribution in [1.29, 1.82) is 0 Å². The van der Waals surface area contributed by atoms with Crippen molar-refractivity contribution in [1.82, 2.24) is 5.32 Å². The zero-order valence-electron chi connectivity index (χ0n) is 9.15. The largest absolute Gasteiger partial charge is 0.409 e. The van der Waals surface area contributed by atoms with Crippen LogP contribution in [-0.4, -0.2) is 17.6 Å². The van der Waals surface area contributed by atoms with Crippen molar-refractivity contribution in [2.45, 2.75) is 19.4 Å². The van der Waals surface area contributed by atoms with E-state index in [2.05, 4.69) is 39.4 Å². The molecule has 0 amide bonds. The summed E-state index contributed by atoms with van der Waals surface area (Å²) in [6, 6.07) is 8.28. The van der Waals surface area contributed by atoms with E-state index in [1.165, 1.54) is 5.56 Å². The Labute approximate surface area is 104 Å². The molecule has 0 fully saturated rings. The van der Waals surface area contributed by atoms with E-state index in [4.69, 9.17) is 10.9 Å². The molecule has 1 aromatic carbocycles. The van der Waals surface area contributed by atoms with Crippen LogP contribution in [0.5, 0.6) is 0 Å². The van der Waals surface area contributed by atoms with E-state index < -0.39 is 0 Å². The molecule has 0 aliphatic carbocycles. The second-order valence-electron chi connectivity index (χ2n) is 3.54. The number of nitrogens with one attached hydrogen (secondary N) is 1. The van der Waals surface area contributed by atoms with Crippen LogP contribution in [-0.2, 0) is 0 Å². The zero-order chi connectivity index (χ0) is 12.0. The molecular formula is C11H16BrN3O. The lowest BCUT2D eigenvalue weighted by Gasteiger charge is -2.15. The van der Waals surface area contributed by atoms with E-state index in [0.29, 0.717) is 13.0 Å². The Hall–Kier alpha value is -1.07. The standard InChI is InChI=1S/C11H16BrN3O/c1-8(14-7-6-11(13)15-16)9-4-2-3-5-10(9)12/h2-5,8,14,16H,6-7H2,1H3,(H2,13,15)/t8-/m1/s1. The van der Waals surface area contributed by atoms with Gasteiger partial charge in [0, 0.05) is 23.5 Å². The van der Waals surface area contributed by atoms with Gasteiger partial charge in [0.25, 0.3) is 0 Å². The Morgan fingerprint density at radius 1 is 1.56 bits per heavy atom. The molecule has 1 rings (SSSR count). The number of benzene rings is 1. The number of halogens is 1. The predicted octanol–water partition coefficient (Wildman–Crippen LogP) is 2.24. The molecule has 0 heterocycles. The first-order chi connectivity index (χ1) is 7.65. The summed E-state index contributed by atoms with van der Waals surface area (Å²) in [5, 5.41) is 14.6. The molecule has 0 saturated carbocycles. The normalized spacial score (nSPS) is 13.8. The van der Waals surface area contributed by atoms with Gasteiger partial charge in [-0.25, -0.2) is 0 Å². The maximum Gasteiger partial charge on any atom is 0.140 e. The molecule has 0 aliphatic rings. The van der Waals surface area contributed by atoms with Crippen molar-refractivity contribution < 1.29 is 5.21 Å². The lowest BCUT2D eigenvalue weighted by Crippen LogP contribution is -2.25. The minimum absolute atomic E-state index is 0.224. The summed E-state index contributed by atoms with van der Waals surface area (Å²) < 4.78 is 1.08. The average molecular weight is 286 g/mol. The van der Waals surface area contributed by atoms with Crippen LogP contribution in [0.15, 0.2) is 33.9 Å². The molecule has 0 saturated heterocycles. The Bertz CT molecular complexity index is 368. The summed E-state index contributed by atoms with van der Waals surface area (Å²) in [5.74, 6) is 0.242. The zero-order valence-corrected chi connectivity index (χ0v) is 10.7. The molecule has 0 bridgehead atoms. The van der Waals surface area contributed by atoms with Crippen LogP contribution in [0.2, 0.25) is 0 Å². The van der Waals surface area contributed by atoms with Crippen molar-refractivity contribution in [3.63, 3.8) is 0 Å². The van der Waals surface area contributed by atoms with Crippen molar-refractivity contribution in [2.75, 3.05) is 6.54 Å². The van der Waals surface area contributed by atoms with E-state index in [1.54, 1.807) is 0 Å². The van der Waals surface area contributed by atoms with Crippen LogP contribution in [0, 0.1) is 0 Å². The summed E-state index contributed by atoms with van der Waals surface area (Å²) >= 11 is 3.50. The quantitative estimate of drug-likeness (QED) is 0.336. The average Bonchev–Trinajstić information content (AvgIpc) is 2.29. The number of nitrogens with zero attached hydrogens (tertiary/aromatic N) is 1. The minimum atomic E-state index is 0.224. The van der Waals surface area contributed by atoms with Crippen LogP contribution in [0.4, 0.5) is 0 Å². The summed E-state index contributed by atoms with van der Waals surface area (Å²) in [5.41, 5.74) is 6.57. The lowest BCUT2D eigenvalue weighted by atomic mass is 10.1. The van der Waals surface area contributed by atoms with E-state index >= 15 is 0 Å². The third-order valence-corrected chi connectivity index (χ3v) is 3.05. The van der Waals surface area contributed by atoms with Gasteiger partial charge in [-0.3, -0.25) is 0 Å². The number of amidine groups is 1. The van der Waals surface area contributed by atoms with Gasteiger partial charge in [-0.2, -0.15) is 0 Å². The molecule has 0 radical (unpaired) electrons. The molecule has 0 aromatic heterocycles. The SMILES string of the molecule is C[C@@H](NCC/C(N)=N/O)c1ccccc1Br. The second-order valence-corrected chi connectivity index (χ2v) is 4.39. The van der Waals surface area contributed by atoms with Crippen LogP contribution in [0.1, 0.15) is 24.9 Å². The lowest BCUT2D eigenvalue weighted by molar-refractivity contribution is 0.316. The third kappa shape index (κ3) is 3.83. The highest BCUT2D eigenvalue weighted by molar-refractivity contribution is 9.10. The molecule has 16 heavy (non-hydrogen) atoms. The molecular weight excluding hydrogens is 270 g/mol. The number of nitrogens with two attached hydrogens (primary N) is 1. The molecule has 88 valence electrons. The van der Waals surface area contributed by atoms with Gasteiger partial charge >= 0.3 is 0 Å². The second kappa shape index (κ2) is 6.50. The van der Waals surface area contributed by atoms with Crippen molar-refractivity contribution in [2.24, 2.45) is 10.9 Å². The molecule has 4 nitrogen and oxygen atoms in total. The molecule has 4 N–H and O–H groups in total. The number of rotatable bonds is 5. The summed E-state index contributed by atoms with van der Waals surface area (Å²) in [4.78, 5) is 0. The number of hydrogen-bond donors (Lipinski definition) is 3. The highest BCUT2D eigenvalue weighted by Gasteiger charge is 2.07. The highest BCUT2D eigenvalue weighted by atomic mass is 79.9. The maximum absolute atomic E-state index is 8.39. The molecule has 0 aliphatic heterocycles. The topological polar surface area (TPSA) is 70.6 Å². The smallest absolute Gasteiger partial charge is 0.140 e. The fourth-order valence-corrected chi connectivity index (χ4v) is 2.03. The van der Waals surface area contributed by atoms with Gasteiger partial charge < -0.3 is 16.3 Å². The highest BCUT2D eigenvalue weighted by Crippen LogP contribution is 2.22. The van der Waals surface area contributed by atoms with Gasteiger partial charge in [0.1, 0.15) is 5.84 Å². The van der Waals surface area contributed by atoms with Gasteiger partial charge in [-0.05, 0) is 18.6 Å². The van der Waals surface area contributed by atoms with Gasteiger partial charge in [0.05, 0.1) is 0 Å². The van der Waals surface area contributed by atoms with Crippen molar-refractivity contribution in [3.8, 4) is 0 Å². The molecule has 1 aromatic rings. The van der Waals surface area contributed by atoms with Crippen LogP contribution < -0.4 is 11.1 Å². The van der Waals surface area contributed by atoms with E-state index in [0.717, 1.165) is 4.47 Å². The Kier molecular flexibility index (Phi) is 5.28.